The molecule has 2 N–H and O–H groups in total. The molecule has 3 aromatic rings. The molecule has 0 aliphatic heterocycles. The number of anilines is 1. The third kappa shape index (κ3) is 1.86. The molecule has 0 aliphatic carbocycles. The number of para-hydroxylation sites is 1. The van der Waals surface area contributed by atoms with Gasteiger partial charge in [-0.15, -0.1) is 11.3 Å². The van der Waals surface area contributed by atoms with Gasteiger partial charge in [-0.05, 0) is 13.0 Å². The predicted octanol–water partition coefficient (Wildman–Crippen LogP) is 2.69. The van der Waals surface area contributed by atoms with E-state index in [2.05, 4.69) is 35.2 Å². The number of nitrogen functional groups attached to an aromatic ring is 1. The summed E-state index contributed by atoms with van der Waals surface area (Å²) in [6.07, 6.45) is 2.63. The SMILES string of the molecule is CCn1nc(Cc2cnc(N)s2)c2ccccc21. The van der Waals surface area contributed by atoms with Crippen LogP contribution >= 0.6 is 11.3 Å². The lowest BCUT2D eigenvalue weighted by Gasteiger charge is -1.95. The number of nitrogens with zero attached hydrogens (tertiary/aromatic N) is 3. The maximum atomic E-state index is 5.66. The first-order valence-electron chi connectivity index (χ1n) is 5.92. The van der Waals surface area contributed by atoms with Gasteiger partial charge in [-0.1, -0.05) is 18.2 Å². The maximum absolute atomic E-state index is 5.66. The Morgan fingerprint density at radius 3 is 2.89 bits per heavy atom. The number of nitrogens with two attached hydrogens (primary N) is 1. The Kier molecular flexibility index (Phi) is 2.76. The molecule has 5 heteroatoms. The highest BCUT2D eigenvalue weighted by molar-refractivity contribution is 7.15. The van der Waals surface area contributed by atoms with Crippen LogP contribution in [0, 0.1) is 0 Å². The van der Waals surface area contributed by atoms with Crippen molar-refractivity contribution in [1.82, 2.24) is 14.8 Å². The zero-order valence-corrected chi connectivity index (χ0v) is 10.9. The quantitative estimate of drug-likeness (QED) is 0.785. The van der Waals surface area contributed by atoms with E-state index in [-0.39, 0.29) is 0 Å². The molecule has 0 spiro atoms. The lowest BCUT2D eigenvalue weighted by atomic mass is 10.1. The van der Waals surface area contributed by atoms with Crippen LogP contribution < -0.4 is 5.73 Å². The van der Waals surface area contributed by atoms with Gasteiger partial charge in [0.05, 0.1) is 11.2 Å². The van der Waals surface area contributed by atoms with E-state index >= 15 is 0 Å². The van der Waals surface area contributed by atoms with E-state index in [0.29, 0.717) is 5.13 Å². The summed E-state index contributed by atoms with van der Waals surface area (Å²) in [5.41, 5.74) is 7.94. The minimum atomic E-state index is 0.615. The Hall–Kier alpha value is -1.88. The molecule has 0 saturated carbocycles. The maximum Gasteiger partial charge on any atom is 0.180 e. The number of hydrogen-bond donors (Lipinski definition) is 1. The van der Waals surface area contributed by atoms with Crippen molar-refractivity contribution in [3.63, 3.8) is 0 Å². The molecule has 18 heavy (non-hydrogen) atoms. The van der Waals surface area contributed by atoms with Gasteiger partial charge < -0.3 is 5.73 Å². The fraction of sp³-hybridized carbons (Fsp3) is 0.231. The van der Waals surface area contributed by atoms with E-state index in [1.807, 2.05) is 16.9 Å². The lowest BCUT2D eigenvalue weighted by molar-refractivity contribution is 0.672. The van der Waals surface area contributed by atoms with Gasteiger partial charge in [-0.25, -0.2) is 4.98 Å². The Morgan fingerprint density at radius 2 is 2.17 bits per heavy atom. The third-order valence-corrected chi connectivity index (χ3v) is 3.77. The summed E-state index contributed by atoms with van der Waals surface area (Å²) in [7, 11) is 0. The summed E-state index contributed by atoms with van der Waals surface area (Å²) in [6.45, 7) is 2.99. The summed E-state index contributed by atoms with van der Waals surface area (Å²) in [5.74, 6) is 0. The van der Waals surface area contributed by atoms with E-state index in [0.717, 1.165) is 23.5 Å². The normalized spacial score (nSPS) is 11.2. The van der Waals surface area contributed by atoms with Crippen LogP contribution in [0.15, 0.2) is 30.5 Å². The van der Waals surface area contributed by atoms with Gasteiger partial charge in [0.1, 0.15) is 0 Å². The molecule has 0 saturated heterocycles. The average molecular weight is 258 g/mol. The first-order chi connectivity index (χ1) is 8.78. The van der Waals surface area contributed by atoms with Crippen LogP contribution in [-0.2, 0) is 13.0 Å². The van der Waals surface area contributed by atoms with Crippen molar-refractivity contribution in [3.8, 4) is 0 Å². The molecule has 0 fully saturated rings. The number of aryl methyl sites for hydroxylation is 1. The second kappa shape index (κ2) is 4.42. The fourth-order valence-electron chi connectivity index (χ4n) is 2.14. The van der Waals surface area contributed by atoms with Crippen LogP contribution in [0.2, 0.25) is 0 Å². The smallest absolute Gasteiger partial charge is 0.180 e. The van der Waals surface area contributed by atoms with Gasteiger partial charge in [0.15, 0.2) is 5.13 Å². The van der Waals surface area contributed by atoms with Crippen molar-refractivity contribution in [3.05, 3.63) is 41.0 Å². The minimum Gasteiger partial charge on any atom is -0.375 e. The Bertz CT molecular complexity index is 683. The number of rotatable bonds is 3. The van der Waals surface area contributed by atoms with E-state index in [1.54, 1.807) is 0 Å². The average Bonchev–Trinajstić information content (AvgIpc) is 2.95. The summed E-state index contributed by atoms with van der Waals surface area (Å²) in [4.78, 5) is 5.23. The van der Waals surface area contributed by atoms with Gasteiger partial charge in [-0.3, -0.25) is 4.68 Å². The van der Waals surface area contributed by atoms with Crippen molar-refractivity contribution in [2.45, 2.75) is 19.9 Å². The molecule has 0 bridgehead atoms. The van der Waals surface area contributed by atoms with Crippen LogP contribution in [0.4, 0.5) is 5.13 Å². The molecular weight excluding hydrogens is 244 g/mol. The number of benzene rings is 1. The van der Waals surface area contributed by atoms with Crippen molar-refractivity contribution in [1.29, 1.82) is 0 Å². The summed E-state index contributed by atoms with van der Waals surface area (Å²) < 4.78 is 2.04. The molecule has 4 nitrogen and oxygen atoms in total. The molecule has 0 aliphatic rings. The highest BCUT2D eigenvalue weighted by atomic mass is 32.1. The second-order valence-corrected chi connectivity index (χ2v) is 5.27. The highest BCUT2D eigenvalue weighted by Gasteiger charge is 2.10. The zero-order valence-electron chi connectivity index (χ0n) is 10.1. The number of hydrogen-bond acceptors (Lipinski definition) is 4. The molecule has 0 radical (unpaired) electrons. The summed E-state index contributed by atoms with van der Waals surface area (Å²) in [6, 6.07) is 8.32. The van der Waals surface area contributed by atoms with Gasteiger partial charge in [0.25, 0.3) is 0 Å². The molecular formula is C13H14N4S. The molecule has 0 amide bonds. The Morgan fingerprint density at radius 1 is 1.33 bits per heavy atom. The van der Waals surface area contributed by atoms with E-state index in [9.17, 15) is 0 Å². The van der Waals surface area contributed by atoms with Crippen LogP contribution in [-0.4, -0.2) is 14.8 Å². The number of aromatic nitrogens is 3. The molecule has 2 aromatic heterocycles. The van der Waals surface area contributed by atoms with Crippen LogP contribution in [0.25, 0.3) is 10.9 Å². The van der Waals surface area contributed by atoms with Crippen molar-refractivity contribution >= 4 is 27.4 Å². The largest absolute Gasteiger partial charge is 0.375 e. The Balaban J connectivity index is 2.06. The van der Waals surface area contributed by atoms with Crippen molar-refractivity contribution in [2.24, 2.45) is 0 Å². The van der Waals surface area contributed by atoms with Crippen LogP contribution in [0.1, 0.15) is 17.5 Å². The Labute approximate surface area is 109 Å². The second-order valence-electron chi connectivity index (χ2n) is 4.12. The molecule has 0 atom stereocenters. The predicted molar refractivity (Wildman–Crippen MR) is 74.7 cm³/mol. The lowest BCUT2D eigenvalue weighted by Crippen LogP contribution is -1.97. The van der Waals surface area contributed by atoms with E-state index < -0.39 is 0 Å². The molecule has 2 heterocycles. The van der Waals surface area contributed by atoms with Crippen LogP contribution in [0.5, 0.6) is 0 Å². The topological polar surface area (TPSA) is 56.7 Å². The van der Waals surface area contributed by atoms with Gasteiger partial charge >= 0.3 is 0 Å². The van der Waals surface area contributed by atoms with Gasteiger partial charge in [0, 0.05) is 29.4 Å². The van der Waals surface area contributed by atoms with E-state index in [1.165, 1.54) is 22.2 Å². The number of fused-ring (bicyclic) bond motifs is 1. The molecule has 1 aromatic carbocycles. The summed E-state index contributed by atoms with van der Waals surface area (Å²) in [5, 5.41) is 6.50. The first-order valence-corrected chi connectivity index (χ1v) is 6.74. The van der Waals surface area contributed by atoms with Gasteiger partial charge in [0.2, 0.25) is 0 Å². The summed E-state index contributed by atoms with van der Waals surface area (Å²) >= 11 is 1.53. The first kappa shape index (κ1) is 11.2. The molecule has 3 rings (SSSR count). The van der Waals surface area contributed by atoms with Crippen molar-refractivity contribution < 1.29 is 0 Å². The molecule has 0 unspecified atom stereocenters. The third-order valence-electron chi connectivity index (χ3n) is 2.95. The standard InChI is InChI=1S/C13H14N4S/c1-2-17-12-6-4-3-5-10(12)11(16-17)7-9-8-15-13(14)18-9/h3-6,8H,2,7H2,1H3,(H2,14,15). The fourth-order valence-corrected chi connectivity index (χ4v) is 2.83. The van der Waals surface area contributed by atoms with E-state index in [4.69, 9.17) is 5.73 Å². The van der Waals surface area contributed by atoms with Crippen molar-refractivity contribution in [2.75, 3.05) is 5.73 Å². The number of thiazole rings is 1. The minimum absolute atomic E-state index is 0.615. The highest BCUT2D eigenvalue weighted by Crippen LogP contribution is 2.23. The van der Waals surface area contributed by atoms with Crippen LogP contribution in [0.3, 0.4) is 0 Å². The van der Waals surface area contributed by atoms with Gasteiger partial charge in [-0.2, -0.15) is 5.10 Å². The molecule has 92 valence electrons. The monoisotopic (exact) mass is 258 g/mol. The zero-order chi connectivity index (χ0) is 12.5.